The zero-order chi connectivity index (χ0) is 12.5. The topological polar surface area (TPSA) is 0 Å². The summed E-state index contributed by atoms with van der Waals surface area (Å²) in [7, 11) is 6.67. The Morgan fingerprint density at radius 2 is 1.33 bits per heavy atom. The van der Waals surface area contributed by atoms with E-state index in [0.717, 1.165) is 0 Å². The lowest BCUT2D eigenvalue weighted by atomic mass is 9.50. The van der Waals surface area contributed by atoms with Crippen molar-refractivity contribution in [2.24, 2.45) is 5.41 Å². The minimum absolute atomic E-state index is 0.0516. The highest BCUT2D eigenvalue weighted by molar-refractivity contribution is 6.16. The summed E-state index contributed by atoms with van der Waals surface area (Å²) in [4.78, 5) is 0. The van der Waals surface area contributed by atoms with E-state index in [1.54, 1.807) is 0 Å². The summed E-state index contributed by atoms with van der Waals surface area (Å²) < 4.78 is 0. The van der Waals surface area contributed by atoms with Crippen molar-refractivity contribution in [3.05, 3.63) is 35.9 Å². The first kappa shape index (κ1) is 12.3. The molecule has 0 nitrogen and oxygen atoms in total. The van der Waals surface area contributed by atoms with Crippen molar-refractivity contribution >= 4 is 7.85 Å². The van der Waals surface area contributed by atoms with Gasteiger partial charge in [-0.3, -0.25) is 0 Å². The summed E-state index contributed by atoms with van der Waals surface area (Å²) in [5.74, 6) is 0. The summed E-state index contributed by atoms with van der Waals surface area (Å²) in [5.41, 5.74) is 2.01. The van der Waals surface area contributed by atoms with Crippen LogP contribution in [-0.2, 0) is 5.31 Å². The van der Waals surface area contributed by atoms with Gasteiger partial charge in [0.25, 0.3) is 0 Å². The maximum Gasteiger partial charge on any atom is 0.0810 e. The minimum atomic E-state index is -0.0516. The fourth-order valence-corrected chi connectivity index (χ4v) is 4.09. The van der Waals surface area contributed by atoms with Crippen LogP contribution < -0.4 is 0 Å². The van der Waals surface area contributed by atoms with Gasteiger partial charge in [-0.25, -0.2) is 0 Å². The molecular weight excluding hydrogens is 215 g/mol. The lowest BCUT2D eigenvalue weighted by molar-refractivity contribution is 0.105. The molecule has 0 aliphatic heterocycles. The third-order valence-electron chi connectivity index (χ3n) is 5.47. The molecule has 0 aromatic heterocycles. The van der Waals surface area contributed by atoms with Crippen LogP contribution in [0.1, 0.15) is 63.4 Å². The molecule has 2 fully saturated rings. The van der Waals surface area contributed by atoms with E-state index < -0.39 is 0 Å². The number of benzene rings is 1. The van der Waals surface area contributed by atoms with Crippen LogP contribution in [0.4, 0.5) is 0 Å². The maximum atomic E-state index is 6.67. The van der Waals surface area contributed by atoms with E-state index in [9.17, 15) is 0 Å². The third kappa shape index (κ3) is 2.24. The first-order valence-electron chi connectivity index (χ1n) is 7.57. The van der Waals surface area contributed by atoms with Gasteiger partial charge in [0, 0.05) is 0 Å². The molecule has 0 atom stereocenters. The molecule has 2 aliphatic carbocycles. The average Bonchev–Trinajstić information content (AvgIpc) is 2.45. The van der Waals surface area contributed by atoms with E-state index in [-0.39, 0.29) is 5.31 Å². The number of hydrogen-bond acceptors (Lipinski definition) is 0. The van der Waals surface area contributed by atoms with E-state index in [0.29, 0.717) is 5.41 Å². The second-order valence-electron chi connectivity index (χ2n) is 6.58. The zero-order valence-electron chi connectivity index (χ0n) is 11.3. The van der Waals surface area contributed by atoms with Crippen LogP contribution in [0, 0.1) is 5.41 Å². The molecular formula is C17H23B. The fourth-order valence-electron chi connectivity index (χ4n) is 4.09. The van der Waals surface area contributed by atoms with Crippen molar-refractivity contribution in [1.82, 2.24) is 0 Å². The van der Waals surface area contributed by atoms with Gasteiger partial charge in [-0.1, -0.05) is 68.0 Å². The molecule has 1 aromatic rings. The van der Waals surface area contributed by atoms with Gasteiger partial charge in [-0.15, -0.1) is 0 Å². The minimum Gasteiger partial charge on any atom is -0.0622 e. The molecule has 1 aromatic carbocycles. The van der Waals surface area contributed by atoms with Crippen molar-refractivity contribution in [2.75, 3.05) is 0 Å². The Balaban J connectivity index is 1.72. The Kier molecular flexibility index (Phi) is 3.26. The lowest BCUT2D eigenvalue weighted by Gasteiger charge is -2.47. The summed E-state index contributed by atoms with van der Waals surface area (Å²) in [5, 5.41) is -0.0516. The molecule has 0 amide bonds. The van der Waals surface area contributed by atoms with Crippen LogP contribution in [0.25, 0.3) is 0 Å². The van der Waals surface area contributed by atoms with Gasteiger partial charge in [0.05, 0.1) is 7.85 Å². The summed E-state index contributed by atoms with van der Waals surface area (Å²) in [6, 6.07) is 10.7. The molecule has 1 heteroatoms. The van der Waals surface area contributed by atoms with Crippen molar-refractivity contribution in [1.29, 1.82) is 0 Å². The normalized spacial score (nSPS) is 26.0. The summed E-state index contributed by atoms with van der Waals surface area (Å²) in [6.07, 6.45) is 12.3. The molecule has 0 bridgehead atoms. The van der Waals surface area contributed by atoms with Crippen LogP contribution in [0.5, 0.6) is 0 Å². The Morgan fingerprint density at radius 1 is 0.722 bits per heavy atom. The van der Waals surface area contributed by atoms with Gasteiger partial charge in [-0.2, -0.15) is 0 Å². The maximum absolute atomic E-state index is 6.67. The standard InChI is InChI=1S/C17H23B/c18-17(15-7-3-1-4-8-15)13-11-16(12-14-17)9-5-2-6-10-16/h1,3-4,7-8H,2,5-6,9-14H2. The monoisotopic (exact) mass is 238 g/mol. The third-order valence-corrected chi connectivity index (χ3v) is 5.47. The SMILES string of the molecule is [B]C1(c2ccccc2)CCC2(CCCCC2)CC1. The van der Waals surface area contributed by atoms with Gasteiger partial charge >= 0.3 is 0 Å². The van der Waals surface area contributed by atoms with Gasteiger partial charge in [0.15, 0.2) is 0 Å². The molecule has 2 saturated carbocycles. The highest BCUT2D eigenvalue weighted by Crippen LogP contribution is 2.52. The predicted molar refractivity (Wildman–Crippen MR) is 77.9 cm³/mol. The Hall–Kier alpha value is -0.715. The zero-order valence-corrected chi connectivity index (χ0v) is 11.3. The number of hydrogen-bond donors (Lipinski definition) is 0. The fraction of sp³-hybridized carbons (Fsp3) is 0.647. The quantitative estimate of drug-likeness (QED) is 0.628. The van der Waals surface area contributed by atoms with Crippen molar-refractivity contribution in [3.8, 4) is 0 Å². The van der Waals surface area contributed by atoms with Crippen molar-refractivity contribution < 1.29 is 0 Å². The lowest BCUT2D eigenvalue weighted by Crippen LogP contribution is -2.38. The van der Waals surface area contributed by atoms with Gasteiger partial charge < -0.3 is 0 Å². The smallest absolute Gasteiger partial charge is 0.0622 e. The van der Waals surface area contributed by atoms with Crippen molar-refractivity contribution in [2.45, 2.75) is 63.1 Å². The van der Waals surface area contributed by atoms with Crippen LogP contribution in [0.2, 0.25) is 0 Å². The van der Waals surface area contributed by atoms with E-state index in [4.69, 9.17) is 7.85 Å². The molecule has 3 rings (SSSR count). The molecule has 1 spiro atoms. The predicted octanol–water partition coefficient (Wildman–Crippen LogP) is 4.57. The highest BCUT2D eigenvalue weighted by Gasteiger charge is 2.40. The first-order valence-corrected chi connectivity index (χ1v) is 7.57. The van der Waals surface area contributed by atoms with E-state index >= 15 is 0 Å². The number of rotatable bonds is 1. The summed E-state index contributed by atoms with van der Waals surface area (Å²) >= 11 is 0. The Labute approximate surface area is 113 Å². The van der Waals surface area contributed by atoms with Crippen LogP contribution >= 0.6 is 0 Å². The molecule has 2 aliphatic rings. The molecule has 94 valence electrons. The van der Waals surface area contributed by atoms with Gasteiger partial charge in [0.2, 0.25) is 0 Å². The first-order chi connectivity index (χ1) is 8.73. The Morgan fingerprint density at radius 3 is 1.94 bits per heavy atom. The van der Waals surface area contributed by atoms with Crippen LogP contribution in [0.15, 0.2) is 30.3 Å². The molecule has 0 saturated heterocycles. The molecule has 0 N–H and O–H groups in total. The largest absolute Gasteiger partial charge is 0.0810 e. The molecule has 2 radical (unpaired) electrons. The van der Waals surface area contributed by atoms with E-state index in [1.165, 1.54) is 63.4 Å². The average molecular weight is 238 g/mol. The van der Waals surface area contributed by atoms with Crippen molar-refractivity contribution in [3.63, 3.8) is 0 Å². The van der Waals surface area contributed by atoms with Crippen LogP contribution in [-0.4, -0.2) is 7.85 Å². The van der Waals surface area contributed by atoms with Gasteiger partial charge in [0.1, 0.15) is 0 Å². The molecule has 0 unspecified atom stereocenters. The second kappa shape index (κ2) is 4.76. The summed E-state index contributed by atoms with van der Waals surface area (Å²) in [6.45, 7) is 0. The highest BCUT2D eigenvalue weighted by atomic mass is 14.4. The van der Waals surface area contributed by atoms with E-state index in [1.807, 2.05) is 0 Å². The van der Waals surface area contributed by atoms with Gasteiger partial charge in [-0.05, 0) is 36.4 Å². The second-order valence-corrected chi connectivity index (χ2v) is 6.58. The Bertz CT molecular complexity index is 379. The molecule has 0 heterocycles. The van der Waals surface area contributed by atoms with E-state index in [2.05, 4.69) is 30.3 Å². The molecule has 18 heavy (non-hydrogen) atoms. The van der Waals surface area contributed by atoms with Crippen LogP contribution in [0.3, 0.4) is 0 Å².